The minimum Gasteiger partial charge on any atom is -0.474 e. The van der Waals surface area contributed by atoms with E-state index < -0.39 is 0 Å². The quantitative estimate of drug-likeness (QED) is 0.506. The van der Waals surface area contributed by atoms with Crippen molar-refractivity contribution >= 4 is 22.5 Å². The SMILES string of the molecule is C=CC(=O)N1CC2(CCN(c3c(OC[C@@H]4CCCN4C)ncc(-c4c(C)ccc5[nH]ncc45)c3C#N)C2)C1. The van der Waals surface area contributed by atoms with Crippen LogP contribution in [0.2, 0.25) is 0 Å². The number of pyridine rings is 1. The predicted molar refractivity (Wildman–Crippen MR) is 146 cm³/mol. The first-order valence-electron chi connectivity index (χ1n) is 13.3. The molecule has 1 N–H and O–H groups in total. The Balaban J connectivity index is 1.40. The van der Waals surface area contributed by atoms with E-state index in [-0.39, 0.29) is 11.3 Å². The highest BCUT2D eigenvalue weighted by molar-refractivity contribution is 5.98. The van der Waals surface area contributed by atoms with Gasteiger partial charge in [0, 0.05) is 54.8 Å². The molecule has 2 aromatic heterocycles. The molecule has 6 rings (SSSR count). The lowest BCUT2D eigenvalue weighted by molar-refractivity contribution is -0.136. The molecule has 3 aromatic rings. The molecule has 0 saturated carbocycles. The lowest BCUT2D eigenvalue weighted by Crippen LogP contribution is -2.59. The van der Waals surface area contributed by atoms with Crippen LogP contribution in [0.1, 0.15) is 30.4 Å². The standard InChI is InChI=1S/C29H33N7O2/c1-4-25(37)36-17-29(18-36)9-11-35(16-29)27-21(12-30)22(26-19(2)7-8-24-23(26)14-32-33-24)13-31-28(27)38-15-20-6-5-10-34(20)3/h4,7-8,13-14,20H,1,5-6,9-11,15-18H2,2-3H3,(H,32,33)/t20-/m0/s1. The van der Waals surface area contributed by atoms with Crippen molar-refractivity contribution in [3.05, 3.63) is 48.3 Å². The third kappa shape index (κ3) is 4.00. The average Bonchev–Trinajstić information content (AvgIpc) is 3.65. The van der Waals surface area contributed by atoms with E-state index in [1.165, 1.54) is 6.08 Å². The van der Waals surface area contributed by atoms with E-state index in [2.05, 4.69) is 39.7 Å². The number of anilines is 1. The summed E-state index contributed by atoms with van der Waals surface area (Å²) in [6, 6.07) is 6.91. The fraction of sp³-hybridized carbons (Fsp3) is 0.448. The van der Waals surface area contributed by atoms with E-state index >= 15 is 0 Å². The van der Waals surface area contributed by atoms with E-state index in [9.17, 15) is 10.1 Å². The number of hydrogen-bond donors (Lipinski definition) is 1. The van der Waals surface area contributed by atoms with Gasteiger partial charge in [-0.1, -0.05) is 12.6 Å². The molecule has 1 atom stereocenters. The fourth-order valence-corrected chi connectivity index (χ4v) is 6.47. The molecule has 3 aliphatic rings. The van der Waals surface area contributed by atoms with Crippen LogP contribution in [-0.4, -0.2) is 83.3 Å². The number of aryl methyl sites for hydroxylation is 1. The molecule has 3 fully saturated rings. The number of carbonyl (C=O) groups is 1. The van der Waals surface area contributed by atoms with E-state index in [0.717, 1.165) is 72.2 Å². The number of carbonyl (C=O) groups excluding carboxylic acids is 1. The van der Waals surface area contributed by atoms with Gasteiger partial charge < -0.3 is 19.4 Å². The second kappa shape index (κ2) is 9.44. The molecule has 196 valence electrons. The Labute approximate surface area is 222 Å². The number of rotatable bonds is 6. The maximum Gasteiger partial charge on any atom is 0.245 e. The van der Waals surface area contributed by atoms with Crippen molar-refractivity contribution in [3.63, 3.8) is 0 Å². The number of aromatic nitrogens is 3. The number of hydrogen-bond acceptors (Lipinski definition) is 7. The zero-order valence-electron chi connectivity index (χ0n) is 22.0. The largest absolute Gasteiger partial charge is 0.474 e. The van der Waals surface area contributed by atoms with Gasteiger partial charge in [-0.25, -0.2) is 4.98 Å². The number of ether oxygens (including phenoxy) is 1. The number of likely N-dealkylation sites (N-methyl/N-ethyl adjacent to an activating group) is 1. The van der Waals surface area contributed by atoms with Crippen LogP contribution in [0.3, 0.4) is 0 Å². The summed E-state index contributed by atoms with van der Waals surface area (Å²) in [5.41, 5.74) is 5.07. The molecule has 1 aromatic carbocycles. The summed E-state index contributed by atoms with van der Waals surface area (Å²) in [7, 11) is 2.13. The highest BCUT2D eigenvalue weighted by atomic mass is 16.5. The first-order valence-corrected chi connectivity index (χ1v) is 13.3. The Morgan fingerprint density at radius 1 is 1.32 bits per heavy atom. The Bertz CT molecular complexity index is 1450. The first kappa shape index (κ1) is 24.4. The van der Waals surface area contributed by atoms with Gasteiger partial charge in [0.2, 0.25) is 11.8 Å². The monoisotopic (exact) mass is 511 g/mol. The molecule has 1 amide bonds. The number of nitrogens with one attached hydrogen (secondary N) is 1. The summed E-state index contributed by atoms with van der Waals surface area (Å²) in [5, 5.41) is 18.8. The minimum absolute atomic E-state index is 0.0187. The van der Waals surface area contributed by atoms with E-state index in [0.29, 0.717) is 37.2 Å². The number of fused-ring (bicyclic) bond motifs is 1. The number of nitriles is 1. The number of amides is 1. The van der Waals surface area contributed by atoms with Gasteiger partial charge in [-0.05, 0) is 63.0 Å². The molecular weight excluding hydrogens is 478 g/mol. The average molecular weight is 512 g/mol. The second-order valence-electron chi connectivity index (χ2n) is 11.1. The lowest BCUT2D eigenvalue weighted by atomic mass is 9.79. The minimum atomic E-state index is -0.0242. The highest BCUT2D eigenvalue weighted by Crippen LogP contribution is 2.46. The molecule has 0 bridgehead atoms. The van der Waals surface area contributed by atoms with Crippen LogP contribution in [0.15, 0.2) is 37.2 Å². The van der Waals surface area contributed by atoms with Gasteiger partial charge in [0.1, 0.15) is 18.4 Å². The molecular formula is C29H33N7O2. The number of H-pyrrole nitrogens is 1. The molecule has 0 unspecified atom stereocenters. The smallest absolute Gasteiger partial charge is 0.245 e. The Morgan fingerprint density at radius 3 is 2.89 bits per heavy atom. The molecule has 0 radical (unpaired) electrons. The van der Waals surface area contributed by atoms with Gasteiger partial charge in [-0.15, -0.1) is 0 Å². The van der Waals surface area contributed by atoms with Gasteiger partial charge in [0.25, 0.3) is 0 Å². The second-order valence-corrected chi connectivity index (χ2v) is 11.1. The van der Waals surface area contributed by atoms with Crippen LogP contribution in [-0.2, 0) is 4.79 Å². The molecule has 1 spiro atoms. The molecule has 38 heavy (non-hydrogen) atoms. The van der Waals surface area contributed by atoms with Gasteiger partial charge in [0.15, 0.2) is 0 Å². The third-order valence-corrected chi connectivity index (χ3v) is 8.61. The molecule has 5 heterocycles. The Kier molecular flexibility index (Phi) is 6.07. The van der Waals surface area contributed by atoms with E-state index in [1.807, 2.05) is 30.2 Å². The number of nitrogens with zero attached hydrogens (tertiary/aromatic N) is 6. The van der Waals surface area contributed by atoms with Crippen LogP contribution in [0.4, 0.5) is 5.69 Å². The maximum absolute atomic E-state index is 12.1. The summed E-state index contributed by atoms with van der Waals surface area (Å²) >= 11 is 0. The summed E-state index contributed by atoms with van der Waals surface area (Å²) in [4.78, 5) is 23.4. The van der Waals surface area contributed by atoms with Crippen molar-refractivity contribution < 1.29 is 9.53 Å². The molecule has 0 aliphatic carbocycles. The van der Waals surface area contributed by atoms with Crippen LogP contribution in [0, 0.1) is 23.7 Å². The number of benzene rings is 1. The highest BCUT2D eigenvalue weighted by Gasteiger charge is 2.49. The van der Waals surface area contributed by atoms with Crippen LogP contribution >= 0.6 is 0 Å². The van der Waals surface area contributed by atoms with Crippen molar-refractivity contribution in [2.24, 2.45) is 5.41 Å². The lowest BCUT2D eigenvalue weighted by Gasteiger charge is -2.47. The van der Waals surface area contributed by atoms with Crippen LogP contribution in [0.5, 0.6) is 5.88 Å². The van der Waals surface area contributed by atoms with Gasteiger partial charge in [0.05, 0.1) is 17.3 Å². The van der Waals surface area contributed by atoms with Crippen molar-refractivity contribution in [1.82, 2.24) is 25.0 Å². The zero-order valence-corrected chi connectivity index (χ0v) is 22.0. The van der Waals surface area contributed by atoms with Crippen LogP contribution < -0.4 is 9.64 Å². The Morgan fingerprint density at radius 2 is 2.16 bits per heavy atom. The van der Waals surface area contributed by atoms with Gasteiger partial charge in [-0.2, -0.15) is 10.4 Å². The first-order chi connectivity index (χ1) is 18.4. The summed E-state index contributed by atoms with van der Waals surface area (Å²) in [6.45, 7) is 10.2. The van der Waals surface area contributed by atoms with Gasteiger partial charge >= 0.3 is 0 Å². The number of aromatic amines is 1. The predicted octanol–water partition coefficient (Wildman–Crippen LogP) is 3.50. The number of likely N-dealkylation sites (tertiary alicyclic amines) is 2. The molecule has 9 heteroatoms. The topological polar surface area (TPSA) is 101 Å². The normalized spacial score (nSPS) is 20.6. The van der Waals surface area contributed by atoms with Crippen LogP contribution in [0.25, 0.3) is 22.0 Å². The molecule has 3 saturated heterocycles. The van der Waals surface area contributed by atoms with Crippen molar-refractivity contribution in [1.29, 1.82) is 5.26 Å². The van der Waals surface area contributed by atoms with Crippen molar-refractivity contribution in [2.45, 2.75) is 32.2 Å². The third-order valence-electron chi connectivity index (χ3n) is 8.61. The summed E-state index contributed by atoms with van der Waals surface area (Å²) in [5.74, 6) is 0.488. The van der Waals surface area contributed by atoms with Gasteiger partial charge in [-0.3, -0.25) is 9.89 Å². The van der Waals surface area contributed by atoms with Crippen molar-refractivity contribution in [2.75, 3.05) is 51.3 Å². The van der Waals surface area contributed by atoms with E-state index in [1.54, 1.807) is 6.20 Å². The Hall–Kier alpha value is -3.90. The molecule has 9 nitrogen and oxygen atoms in total. The van der Waals surface area contributed by atoms with E-state index in [4.69, 9.17) is 9.72 Å². The summed E-state index contributed by atoms with van der Waals surface area (Å²) in [6.07, 6.45) is 8.18. The fourth-order valence-electron chi connectivity index (χ4n) is 6.47. The summed E-state index contributed by atoms with van der Waals surface area (Å²) < 4.78 is 6.39. The molecule has 3 aliphatic heterocycles. The maximum atomic E-state index is 12.1. The van der Waals surface area contributed by atoms with Crippen molar-refractivity contribution in [3.8, 4) is 23.1 Å². The zero-order chi connectivity index (χ0) is 26.4.